The molecule has 1 fully saturated rings. The van der Waals surface area contributed by atoms with Crippen LogP contribution in [0.5, 0.6) is 0 Å². The van der Waals surface area contributed by atoms with Gasteiger partial charge in [0.1, 0.15) is 0 Å². The fourth-order valence-corrected chi connectivity index (χ4v) is 3.74. The van der Waals surface area contributed by atoms with Crippen molar-refractivity contribution in [2.24, 2.45) is 5.92 Å². The summed E-state index contributed by atoms with van der Waals surface area (Å²) in [6, 6.07) is 15.3. The monoisotopic (exact) mass is 424 g/mol. The molecule has 1 aliphatic heterocycles. The molecular formula is C23H28N4O2S. The second-order valence-electron chi connectivity index (χ2n) is 7.71. The molecule has 7 heteroatoms. The van der Waals surface area contributed by atoms with E-state index in [-0.39, 0.29) is 22.8 Å². The minimum absolute atomic E-state index is 0.0136. The van der Waals surface area contributed by atoms with E-state index in [2.05, 4.69) is 15.5 Å². The van der Waals surface area contributed by atoms with E-state index in [4.69, 9.17) is 12.2 Å². The third kappa shape index (κ3) is 5.16. The molecule has 0 atom stereocenters. The standard InChI is InChI=1S/C23H28N4O2S/c1-16(2)22(29)27-14-12-26(13-15-27)20-11-7-6-10-19(20)24-23(30)25-21(28)18-9-5-4-8-17(18)3/h4-11,16H,12-15H2,1-3H3,(H2,24,25,28,30). The summed E-state index contributed by atoms with van der Waals surface area (Å²) in [6.45, 7) is 8.64. The zero-order chi connectivity index (χ0) is 21.7. The number of para-hydroxylation sites is 2. The summed E-state index contributed by atoms with van der Waals surface area (Å²) in [5, 5.41) is 6.17. The average Bonchev–Trinajstić information content (AvgIpc) is 2.74. The molecule has 158 valence electrons. The van der Waals surface area contributed by atoms with Crippen molar-refractivity contribution in [2.45, 2.75) is 20.8 Å². The van der Waals surface area contributed by atoms with Gasteiger partial charge in [0, 0.05) is 37.7 Å². The van der Waals surface area contributed by atoms with E-state index in [0.717, 1.165) is 30.0 Å². The Morgan fingerprint density at radius 2 is 1.60 bits per heavy atom. The van der Waals surface area contributed by atoms with Crippen LogP contribution < -0.4 is 15.5 Å². The highest BCUT2D eigenvalue weighted by Crippen LogP contribution is 2.27. The lowest BCUT2D eigenvalue weighted by molar-refractivity contribution is -0.134. The van der Waals surface area contributed by atoms with Gasteiger partial charge >= 0.3 is 0 Å². The molecule has 3 rings (SSSR count). The van der Waals surface area contributed by atoms with Crippen LogP contribution in [0.2, 0.25) is 0 Å². The topological polar surface area (TPSA) is 64.7 Å². The molecule has 6 nitrogen and oxygen atoms in total. The molecule has 2 aromatic carbocycles. The van der Waals surface area contributed by atoms with E-state index in [1.807, 2.05) is 68.1 Å². The van der Waals surface area contributed by atoms with E-state index in [1.165, 1.54) is 0 Å². The van der Waals surface area contributed by atoms with Gasteiger partial charge in [-0.2, -0.15) is 0 Å². The van der Waals surface area contributed by atoms with Crippen molar-refractivity contribution in [3.05, 3.63) is 59.7 Å². The first kappa shape index (κ1) is 21.8. The first-order valence-electron chi connectivity index (χ1n) is 10.2. The van der Waals surface area contributed by atoms with Crippen molar-refractivity contribution in [1.29, 1.82) is 0 Å². The SMILES string of the molecule is Cc1ccccc1C(=O)NC(=S)Nc1ccccc1N1CCN(C(=O)C(C)C)CC1. The van der Waals surface area contributed by atoms with Gasteiger partial charge in [-0.15, -0.1) is 0 Å². The third-order valence-electron chi connectivity index (χ3n) is 5.19. The first-order chi connectivity index (χ1) is 14.4. The normalized spacial score (nSPS) is 13.9. The molecule has 0 bridgehead atoms. The van der Waals surface area contributed by atoms with Crippen LogP contribution >= 0.6 is 12.2 Å². The van der Waals surface area contributed by atoms with Crippen LogP contribution in [-0.2, 0) is 4.79 Å². The molecule has 1 saturated heterocycles. The Hall–Kier alpha value is -2.93. The van der Waals surface area contributed by atoms with Gasteiger partial charge in [0.2, 0.25) is 5.91 Å². The summed E-state index contributed by atoms with van der Waals surface area (Å²) in [4.78, 5) is 28.9. The Bertz CT molecular complexity index is 936. The second kappa shape index (κ2) is 9.71. The summed E-state index contributed by atoms with van der Waals surface area (Å²) < 4.78 is 0. The molecular weight excluding hydrogens is 396 g/mol. The van der Waals surface area contributed by atoms with Gasteiger partial charge in [-0.1, -0.05) is 44.2 Å². The molecule has 2 N–H and O–H groups in total. The van der Waals surface area contributed by atoms with Crippen LogP contribution in [0.25, 0.3) is 0 Å². The van der Waals surface area contributed by atoms with Crippen molar-refractivity contribution in [3.8, 4) is 0 Å². The van der Waals surface area contributed by atoms with Crippen LogP contribution in [0.15, 0.2) is 48.5 Å². The van der Waals surface area contributed by atoms with Crippen molar-refractivity contribution in [1.82, 2.24) is 10.2 Å². The van der Waals surface area contributed by atoms with Gasteiger partial charge in [0.15, 0.2) is 5.11 Å². The molecule has 30 heavy (non-hydrogen) atoms. The molecule has 2 amide bonds. The van der Waals surface area contributed by atoms with E-state index < -0.39 is 0 Å². The predicted octanol–water partition coefficient (Wildman–Crippen LogP) is 3.43. The Balaban J connectivity index is 1.64. The van der Waals surface area contributed by atoms with Gasteiger partial charge in [0.25, 0.3) is 5.91 Å². The van der Waals surface area contributed by atoms with Gasteiger partial charge in [-0.05, 0) is 42.9 Å². The smallest absolute Gasteiger partial charge is 0.257 e. The lowest BCUT2D eigenvalue weighted by Crippen LogP contribution is -2.50. The lowest BCUT2D eigenvalue weighted by atomic mass is 10.1. The van der Waals surface area contributed by atoms with Crippen LogP contribution in [0.4, 0.5) is 11.4 Å². The quantitative estimate of drug-likeness (QED) is 0.737. The first-order valence-corrected chi connectivity index (χ1v) is 10.6. The summed E-state index contributed by atoms with van der Waals surface area (Å²) >= 11 is 5.38. The largest absolute Gasteiger partial charge is 0.366 e. The highest BCUT2D eigenvalue weighted by atomic mass is 32.1. The van der Waals surface area contributed by atoms with Crippen molar-refractivity contribution in [3.63, 3.8) is 0 Å². The Morgan fingerprint density at radius 1 is 0.967 bits per heavy atom. The van der Waals surface area contributed by atoms with Crippen LogP contribution in [0, 0.1) is 12.8 Å². The fourth-order valence-electron chi connectivity index (χ4n) is 3.54. The maximum atomic E-state index is 12.5. The number of anilines is 2. The van der Waals surface area contributed by atoms with Crippen molar-refractivity contribution >= 4 is 40.5 Å². The minimum atomic E-state index is -0.233. The number of thiocarbonyl (C=S) groups is 1. The third-order valence-corrected chi connectivity index (χ3v) is 5.40. The fraction of sp³-hybridized carbons (Fsp3) is 0.348. The summed E-state index contributed by atoms with van der Waals surface area (Å²) in [5.41, 5.74) is 3.32. The molecule has 1 aliphatic rings. The number of nitrogens with zero attached hydrogens (tertiary/aromatic N) is 2. The number of rotatable bonds is 4. The summed E-state index contributed by atoms with van der Waals surface area (Å²) in [7, 11) is 0. The lowest BCUT2D eigenvalue weighted by Gasteiger charge is -2.37. The minimum Gasteiger partial charge on any atom is -0.366 e. The number of hydrogen-bond acceptors (Lipinski definition) is 4. The van der Waals surface area contributed by atoms with Gasteiger partial charge in [-0.3, -0.25) is 14.9 Å². The number of piperazine rings is 1. The van der Waals surface area contributed by atoms with Crippen LogP contribution in [-0.4, -0.2) is 48.0 Å². The zero-order valence-corrected chi connectivity index (χ0v) is 18.5. The summed E-state index contributed by atoms with van der Waals surface area (Å²) in [5.74, 6) is -0.0233. The average molecular weight is 425 g/mol. The maximum absolute atomic E-state index is 12.5. The molecule has 0 spiro atoms. The molecule has 0 aliphatic carbocycles. The molecule has 0 radical (unpaired) electrons. The van der Waals surface area contributed by atoms with Gasteiger partial charge in [0.05, 0.1) is 11.4 Å². The van der Waals surface area contributed by atoms with Crippen LogP contribution in [0.1, 0.15) is 29.8 Å². The molecule has 0 unspecified atom stereocenters. The number of amides is 2. The van der Waals surface area contributed by atoms with E-state index in [0.29, 0.717) is 18.7 Å². The zero-order valence-electron chi connectivity index (χ0n) is 17.6. The number of hydrogen-bond donors (Lipinski definition) is 2. The van der Waals surface area contributed by atoms with E-state index in [9.17, 15) is 9.59 Å². The Kier molecular flexibility index (Phi) is 7.05. The van der Waals surface area contributed by atoms with E-state index >= 15 is 0 Å². The second-order valence-corrected chi connectivity index (χ2v) is 8.12. The molecule has 0 saturated carbocycles. The highest BCUT2D eigenvalue weighted by molar-refractivity contribution is 7.80. The van der Waals surface area contributed by atoms with Gasteiger partial charge < -0.3 is 15.1 Å². The molecule has 2 aromatic rings. The predicted molar refractivity (Wildman–Crippen MR) is 125 cm³/mol. The van der Waals surface area contributed by atoms with Crippen LogP contribution in [0.3, 0.4) is 0 Å². The molecule has 0 aromatic heterocycles. The summed E-state index contributed by atoms with van der Waals surface area (Å²) in [6.07, 6.45) is 0. The number of benzene rings is 2. The number of carbonyl (C=O) groups is 2. The Morgan fingerprint density at radius 3 is 2.27 bits per heavy atom. The maximum Gasteiger partial charge on any atom is 0.257 e. The van der Waals surface area contributed by atoms with E-state index in [1.54, 1.807) is 6.07 Å². The Labute approximate surface area is 183 Å². The van der Waals surface area contributed by atoms with Crippen molar-refractivity contribution < 1.29 is 9.59 Å². The molecule has 1 heterocycles. The van der Waals surface area contributed by atoms with Gasteiger partial charge in [-0.25, -0.2) is 0 Å². The number of aryl methyl sites for hydroxylation is 1. The number of nitrogens with one attached hydrogen (secondary N) is 2. The van der Waals surface area contributed by atoms with Crippen molar-refractivity contribution in [2.75, 3.05) is 36.4 Å². The number of carbonyl (C=O) groups excluding carboxylic acids is 2. The highest BCUT2D eigenvalue weighted by Gasteiger charge is 2.24.